The molecule has 0 saturated heterocycles. The summed E-state index contributed by atoms with van der Waals surface area (Å²) in [6.45, 7) is 0. The summed E-state index contributed by atoms with van der Waals surface area (Å²) in [5, 5.41) is 16.0. The van der Waals surface area contributed by atoms with E-state index in [0.29, 0.717) is 21.4 Å². The average molecular weight is 346 g/mol. The van der Waals surface area contributed by atoms with Gasteiger partial charge in [-0.2, -0.15) is 0 Å². The molecular weight excluding hydrogens is 334 g/mol. The van der Waals surface area contributed by atoms with E-state index in [9.17, 15) is 9.90 Å². The first-order chi connectivity index (χ1) is 11.0. The molecule has 4 N–H and O–H groups in total. The van der Waals surface area contributed by atoms with Crippen LogP contribution in [0.3, 0.4) is 0 Å². The Hall–Kier alpha value is -2.57. The van der Waals surface area contributed by atoms with Crippen LogP contribution < -0.4 is 11.1 Å². The minimum absolute atomic E-state index is 0.0720. The van der Waals surface area contributed by atoms with E-state index in [-0.39, 0.29) is 11.3 Å². The Bertz CT molecular complexity index is 862. The number of thiazole rings is 1. The molecule has 23 heavy (non-hydrogen) atoms. The van der Waals surface area contributed by atoms with Gasteiger partial charge < -0.3 is 16.2 Å². The molecule has 1 heterocycles. The second-order valence-corrected chi connectivity index (χ2v) is 6.06. The maximum absolute atomic E-state index is 11.3. The molecule has 0 saturated carbocycles. The maximum Gasteiger partial charge on any atom is 0.252 e. The third-order valence-corrected chi connectivity index (χ3v) is 4.17. The number of carbonyl (C=O) groups excluding carboxylic acids is 1. The Morgan fingerprint density at radius 3 is 2.65 bits per heavy atom. The zero-order valence-corrected chi connectivity index (χ0v) is 13.4. The van der Waals surface area contributed by atoms with Gasteiger partial charge in [-0.05, 0) is 42.5 Å². The lowest BCUT2D eigenvalue weighted by Crippen LogP contribution is -2.11. The smallest absolute Gasteiger partial charge is 0.252 e. The van der Waals surface area contributed by atoms with E-state index in [1.165, 1.54) is 23.5 Å². The normalized spacial score (nSPS) is 10.5. The summed E-state index contributed by atoms with van der Waals surface area (Å²) in [6.07, 6.45) is 0. The third kappa shape index (κ3) is 3.44. The van der Waals surface area contributed by atoms with Crippen molar-refractivity contribution in [3.63, 3.8) is 0 Å². The SMILES string of the molecule is NC(=O)c1cc(-c2csc(Nc3ccc(Cl)cc3)n2)ccc1O. The van der Waals surface area contributed by atoms with Crippen molar-refractivity contribution in [1.29, 1.82) is 0 Å². The lowest BCUT2D eigenvalue weighted by atomic mass is 10.1. The predicted molar refractivity (Wildman–Crippen MR) is 92.5 cm³/mol. The molecule has 1 aromatic heterocycles. The molecule has 0 unspecified atom stereocenters. The van der Waals surface area contributed by atoms with E-state index < -0.39 is 5.91 Å². The van der Waals surface area contributed by atoms with E-state index >= 15 is 0 Å². The van der Waals surface area contributed by atoms with Crippen molar-refractivity contribution in [3.8, 4) is 17.0 Å². The van der Waals surface area contributed by atoms with Crippen molar-refractivity contribution in [2.75, 3.05) is 5.32 Å². The van der Waals surface area contributed by atoms with E-state index in [1.54, 1.807) is 18.2 Å². The molecule has 0 atom stereocenters. The van der Waals surface area contributed by atoms with Crippen LogP contribution in [0, 0.1) is 0 Å². The Morgan fingerprint density at radius 1 is 1.22 bits per heavy atom. The molecule has 0 radical (unpaired) electrons. The predicted octanol–water partition coefficient (Wildman–Crippen LogP) is 4.01. The molecule has 5 nitrogen and oxygen atoms in total. The quantitative estimate of drug-likeness (QED) is 0.666. The van der Waals surface area contributed by atoms with Gasteiger partial charge in [0.15, 0.2) is 5.13 Å². The first-order valence-corrected chi connectivity index (χ1v) is 7.90. The fraction of sp³-hybridized carbons (Fsp3) is 0. The number of benzene rings is 2. The number of amides is 1. The number of hydrogen-bond donors (Lipinski definition) is 3. The monoisotopic (exact) mass is 345 g/mol. The fourth-order valence-corrected chi connectivity index (χ4v) is 2.88. The molecule has 0 fully saturated rings. The third-order valence-electron chi connectivity index (χ3n) is 3.16. The Labute approximate surface area is 141 Å². The van der Waals surface area contributed by atoms with Gasteiger partial charge in [-0.15, -0.1) is 11.3 Å². The van der Waals surface area contributed by atoms with Crippen molar-refractivity contribution in [2.45, 2.75) is 0 Å². The Kier molecular flexibility index (Phi) is 4.18. The molecule has 116 valence electrons. The molecule has 3 rings (SSSR count). The number of carbonyl (C=O) groups is 1. The first-order valence-electron chi connectivity index (χ1n) is 6.64. The van der Waals surface area contributed by atoms with Gasteiger partial charge in [0.2, 0.25) is 0 Å². The highest BCUT2D eigenvalue weighted by atomic mass is 35.5. The van der Waals surface area contributed by atoms with Crippen molar-refractivity contribution in [3.05, 3.63) is 58.4 Å². The first kappa shape index (κ1) is 15.3. The molecule has 3 aromatic rings. The van der Waals surface area contributed by atoms with Crippen molar-refractivity contribution < 1.29 is 9.90 Å². The number of primary amides is 1. The van der Waals surface area contributed by atoms with Gasteiger partial charge in [0.25, 0.3) is 5.91 Å². The van der Waals surface area contributed by atoms with Gasteiger partial charge in [-0.3, -0.25) is 4.79 Å². The highest BCUT2D eigenvalue weighted by molar-refractivity contribution is 7.14. The second kappa shape index (κ2) is 6.28. The lowest BCUT2D eigenvalue weighted by molar-refractivity contribution is 0.0998. The van der Waals surface area contributed by atoms with Crippen LogP contribution in [0.15, 0.2) is 47.8 Å². The van der Waals surface area contributed by atoms with Crippen LogP contribution in [0.2, 0.25) is 5.02 Å². The van der Waals surface area contributed by atoms with E-state index in [0.717, 1.165) is 5.69 Å². The summed E-state index contributed by atoms with van der Waals surface area (Å²) < 4.78 is 0. The van der Waals surface area contributed by atoms with Crippen LogP contribution in [0.25, 0.3) is 11.3 Å². The number of halogens is 1. The van der Waals surface area contributed by atoms with Gasteiger partial charge >= 0.3 is 0 Å². The van der Waals surface area contributed by atoms with Crippen LogP contribution in [-0.4, -0.2) is 16.0 Å². The second-order valence-electron chi connectivity index (χ2n) is 4.77. The Morgan fingerprint density at radius 2 is 1.96 bits per heavy atom. The van der Waals surface area contributed by atoms with Crippen LogP contribution in [0.4, 0.5) is 10.8 Å². The number of nitrogens with two attached hydrogens (primary N) is 1. The highest BCUT2D eigenvalue weighted by Gasteiger charge is 2.11. The molecule has 0 aliphatic rings. The lowest BCUT2D eigenvalue weighted by Gasteiger charge is -2.03. The molecule has 0 spiro atoms. The zero-order valence-electron chi connectivity index (χ0n) is 11.8. The minimum Gasteiger partial charge on any atom is -0.507 e. The van der Waals surface area contributed by atoms with Gasteiger partial charge in [0.05, 0.1) is 11.3 Å². The summed E-state index contributed by atoms with van der Waals surface area (Å²) >= 11 is 7.28. The molecule has 0 aliphatic heterocycles. The summed E-state index contributed by atoms with van der Waals surface area (Å²) in [6, 6.07) is 11.9. The topological polar surface area (TPSA) is 88.2 Å². The standard InChI is InChI=1S/C16H12ClN3O2S/c17-10-2-4-11(5-3-10)19-16-20-13(8-23-16)9-1-6-14(21)12(7-9)15(18)22/h1-8,21H,(H2,18,22)(H,19,20). The largest absolute Gasteiger partial charge is 0.507 e. The molecule has 1 amide bonds. The van der Waals surface area contributed by atoms with Gasteiger partial charge in [0, 0.05) is 21.7 Å². The number of nitrogens with zero attached hydrogens (tertiary/aromatic N) is 1. The van der Waals surface area contributed by atoms with Crippen LogP contribution in [0.1, 0.15) is 10.4 Å². The summed E-state index contributed by atoms with van der Waals surface area (Å²) in [7, 11) is 0. The van der Waals surface area contributed by atoms with Crippen molar-refractivity contribution >= 4 is 39.7 Å². The van der Waals surface area contributed by atoms with Gasteiger partial charge in [-0.25, -0.2) is 4.98 Å². The minimum atomic E-state index is -0.681. The number of nitrogens with one attached hydrogen (secondary N) is 1. The zero-order chi connectivity index (χ0) is 16.4. The summed E-state index contributed by atoms with van der Waals surface area (Å²) in [4.78, 5) is 15.8. The van der Waals surface area contributed by atoms with Crippen molar-refractivity contribution in [2.24, 2.45) is 5.73 Å². The van der Waals surface area contributed by atoms with E-state index in [1.807, 2.05) is 17.5 Å². The summed E-state index contributed by atoms with van der Waals surface area (Å²) in [5.74, 6) is -0.824. The molecule has 0 bridgehead atoms. The Balaban J connectivity index is 1.85. The van der Waals surface area contributed by atoms with Crippen LogP contribution in [0.5, 0.6) is 5.75 Å². The summed E-state index contributed by atoms with van der Waals surface area (Å²) in [5.41, 5.74) is 7.58. The van der Waals surface area contributed by atoms with E-state index in [4.69, 9.17) is 17.3 Å². The number of anilines is 2. The number of rotatable bonds is 4. The maximum atomic E-state index is 11.3. The number of phenols is 1. The van der Waals surface area contributed by atoms with Crippen LogP contribution in [-0.2, 0) is 0 Å². The molecule has 7 heteroatoms. The molecular formula is C16H12ClN3O2S. The molecule has 0 aliphatic carbocycles. The fourth-order valence-electron chi connectivity index (χ4n) is 2.01. The van der Waals surface area contributed by atoms with Crippen LogP contribution >= 0.6 is 22.9 Å². The number of aromatic nitrogens is 1. The van der Waals surface area contributed by atoms with Gasteiger partial charge in [0.1, 0.15) is 5.75 Å². The number of hydrogen-bond acceptors (Lipinski definition) is 5. The average Bonchev–Trinajstić information content (AvgIpc) is 2.98. The molecule has 2 aromatic carbocycles. The van der Waals surface area contributed by atoms with E-state index in [2.05, 4.69) is 10.3 Å². The van der Waals surface area contributed by atoms with Crippen molar-refractivity contribution in [1.82, 2.24) is 4.98 Å². The number of aromatic hydroxyl groups is 1. The highest BCUT2D eigenvalue weighted by Crippen LogP contribution is 2.30. The van der Waals surface area contributed by atoms with Gasteiger partial charge in [-0.1, -0.05) is 11.6 Å².